The molecule has 0 bridgehead atoms. The largest absolute Gasteiger partial charge is 0.388 e. The highest BCUT2D eigenvalue weighted by Crippen LogP contribution is 2.28. The molecule has 0 aromatic rings. The minimum Gasteiger partial charge on any atom is -0.388 e. The van der Waals surface area contributed by atoms with Gasteiger partial charge in [-0.05, 0) is 12.8 Å². The molecule has 0 radical (unpaired) electrons. The van der Waals surface area contributed by atoms with Crippen molar-refractivity contribution in [3.63, 3.8) is 0 Å². The quantitative estimate of drug-likeness (QED) is 0.361. The molecule has 1 aliphatic carbocycles. The number of hydroxylamine groups is 1. The van der Waals surface area contributed by atoms with Crippen molar-refractivity contribution in [2.24, 2.45) is 0 Å². The van der Waals surface area contributed by atoms with Crippen LogP contribution in [0.15, 0.2) is 0 Å². The Labute approximate surface area is 72.8 Å². The van der Waals surface area contributed by atoms with Crippen LogP contribution in [0.3, 0.4) is 0 Å². The van der Waals surface area contributed by atoms with Gasteiger partial charge in [-0.25, -0.2) is 0 Å². The highest BCUT2D eigenvalue weighted by Gasteiger charge is 2.30. The van der Waals surface area contributed by atoms with Gasteiger partial charge in [0.2, 0.25) is 0 Å². The van der Waals surface area contributed by atoms with Crippen LogP contribution in [0.1, 0.15) is 25.7 Å². The molecule has 1 fully saturated rings. The molecule has 0 aromatic heterocycles. The first-order valence-corrected chi connectivity index (χ1v) is 4.33. The highest BCUT2D eigenvalue weighted by molar-refractivity contribution is 4.84. The fraction of sp³-hybridized carbons (Fsp3) is 1.00. The SMILES string of the molecule is COCONCC1(O)CCCC1. The van der Waals surface area contributed by atoms with Crippen LogP contribution in [0, 0.1) is 0 Å². The van der Waals surface area contributed by atoms with Gasteiger partial charge in [0.05, 0.1) is 5.60 Å². The van der Waals surface area contributed by atoms with E-state index in [-0.39, 0.29) is 6.79 Å². The minimum atomic E-state index is -0.548. The molecule has 0 heterocycles. The van der Waals surface area contributed by atoms with Crippen LogP contribution in [0.5, 0.6) is 0 Å². The molecule has 72 valence electrons. The molecule has 12 heavy (non-hydrogen) atoms. The molecule has 0 spiro atoms. The van der Waals surface area contributed by atoms with Crippen molar-refractivity contribution in [2.45, 2.75) is 31.3 Å². The number of methoxy groups -OCH3 is 1. The van der Waals surface area contributed by atoms with E-state index in [0.29, 0.717) is 6.54 Å². The maximum Gasteiger partial charge on any atom is 0.166 e. The molecule has 4 nitrogen and oxygen atoms in total. The molecule has 0 aromatic carbocycles. The third-order valence-corrected chi connectivity index (χ3v) is 2.21. The lowest BCUT2D eigenvalue weighted by molar-refractivity contribution is -0.102. The molecule has 2 N–H and O–H groups in total. The van der Waals surface area contributed by atoms with Gasteiger partial charge >= 0.3 is 0 Å². The van der Waals surface area contributed by atoms with Crippen molar-refractivity contribution < 1.29 is 14.7 Å². The summed E-state index contributed by atoms with van der Waals surface area (Å²) in [6, 6.07) is 0. The molecule has 0 atom stereocenters. The minimum absolute atomic E-state index is 0.218. The molecule has 0 saturated heterocycles. The molecule has 1 rings (SSSR count). The summed E-state index contributed by atoms with van der Waals surface area (Å²) in [6.07, 6.45) is 3.97. The van der Waals surface area contributed by atoms with Crippen LogP contribution in [-0.2, 0) is 9.57 Å². The van der Waals surface area contributed by atoms with E-state index >= 15 is 0 Å². The van der Waals surface area contributed by atoms with E-state index in [4.69, 9.17) is 4.84 Å². The Hall–Kier alpha value is -0.160. The average molecular weight is 175 g/mol. The predicted molar refractivity (Wildman–Crippen MR) is 44.4 cm³/mol. The van der Waals surface area contributed by atoms with Crippen LogP contribution in [-0.4, -0.2) is 31.2 Å². The first kappa shape index (κ1) is 9.92. The molecular weight excluding hydrogens is 158 g/mol. The van der Waals surface area contributed by atoms with Gasteiger partial charge in [0.25, 0.3) is 0 Å². The van der Waals surface area contributed by atoms with Gasteiger partial charge in [-0.2, -0.15) is 5.48 Å². The average Bonchev–Trinajstić information content (AvgIpc) is 2.47. The molecular formula is C8H17NO3. The Bertz CT molecular complexity index is 123. The molecule has 4 heteroatoms. The number of hydrogen-bond donors (Lipinski definition) is 2. The van der Waals surface area contributed by atoms with Crippen LogP contribution in [0.25, 0.3) is 0 Å². The second-order valence-electron chi connectivity index (χ2n) is 3.30. The lowest BCUT2D eigenvalue weighted by atomic mass is 10.0. The predicted octanol–water partition coefficient (Wildman–Crippen LogP) is 0.417. The molecule has 0 unspecified atom stereocenters. The zero-order chi connectivity index (χ0) is 8.86. The number of hydrogen-bond acceptors (Lipinski definition) is 4. The van der Waals surface area contributed by atoms with E-state index in [0.717, 1.165) is 25.7 Å². The normalized spacial score (nSPS) is 21.5. The molecule has 1 aliphatic rings. The van der Waals surface area contributed by atoms with Crippen LogP contribution in [0.4, 0.5) is 0 Å². The van der Waals surface area contributed by atoms with E-state index in [1.165, 1.54) is 0 Å². The van der Waals surface area contributed by atoms with Gasteiger partial charge in [-0.3, -0.25) is 4.84 Å². The number of nitrogens with one attached hydrogen (secondary N) is 1. The smallest absolute Gasteiger partial charge is 0.166 e. The summed E-state index contributed by atoms with van der Waals surface area (Å²) in [4.78, 5) is 4.88. The Balaban J connectivity index is 2.05. The zero-order valence-electron chi connectivity index (χ0n) is 7.51. The summed E-state index contributed by atoms with van der Waals surface area (Å²) in [5, 5.41) is 9.81. The second kappa shape index (κ2) is 4.77. The number of aliphatic hydroxyl groups is 1. The van der Waals surface area contributed by atoms with Gasteiger partial charge in [-0.1, -0.05) is 12.8 Å². The fourth-order valence-corrected chi connectivity index (χ4v) is 1.50. The first-order chi connectivity index (χ1) is 5.77. The summed E-state index contributed by atoms with van der Waals surface area (Å²) in [7, 11) is 1.56. The summed E-state index contributed by atoms with van der Waals surface area (Å²) in [6.45, 7) is 0.715. The van der Waals surface area contributed by atoms with E-state index in [2.05, 4.69) is 10.2 Å². The Morgan fingerprint density at radius 3 is 2.67 bits per heavy atom. The third kappa shape index (κ3) is 3.06. The van der Waals surface area contributed by atoms with Crippen molar-refractivity contribution in [1.29, 1.82) is 0 Å². The van der Waals surface area contributed by atoms with Crippen molar-refractivity contribution in [1.82, 2.24) is 5.48 Å². The van der Waals surface area contributed by atoms with Crippen molar-refractivity contribution in [3.05, 3.63) is 0 Å². The van der Waals surface area contributed by atoms with E-state index < -0.39 is 5.60 Å². The van der Waals surface area contributed by atoms with Crippen molar-refractivity contribution >= 4 is 0 Å². The number of ether oxygens (including phenoxy) is 1. The van der Waals surface area contributed by atoms with Crippen LogP contribution < -0.4 is 5.48 Å². The second-order valence-corrected chi connectivity index (χ2v) is 3.30. The van der Waals surface area contributed by atoms with E-state index in [1.54, 1.807) is 7.11 Å². The lowest BCUT2D eigenvalue weighted by Crippen LogP contribution is -2.38. The summed E-state index contributed by atoms with van der Waals surface area (Å²) in [5.41, 5.74) is 2.15. The molecule has 0 aliphatic heterocycles. The topological polar surface area (TPSA) is 50.7 Å². The van der Waals surface area contributed by atoms with Crippen molar-refractivity contribution in [3.8, 4) is 0 Å². The Morgan fingerprint density at radius 1 is 1.42 bits per heavy atom. The van der Waals surface area contributed by atoms with Gasteiger partial charge in [0.15, 0.2) is 6.79 Å². The monoisotopic (exact) mass is 175 g/mol. The zero-order valence-corrected chi connectivity index (χ0v) is 7.51. The lowest BCUT2D eigenvalue weighted by Gasteiger charge is -2.21. The van der Waals surface area contributed by atoms with Crippen LogP contribution >= 0.6 is 0 Å². The number of rotatable bonds is 5. The summed E-state index contributed by atoms with van der Waals surface area (Å²) >= 11 is 0. The maximum atomic E-state index is 9.81. The van der Waals surface area contributed by atoms with Crippen molar-refractivity contribution in [2.75, 3.05) is 20.4 Å². The third-order valence-electron chi connectivity index (χ3n) is 2.21. The Kier molecular flexibility index (Phi) is 3.94. The Morgan fingerprint density at radius 2 is 2.08 bits per heavy atom. The summed E-state index contributed by atoms with van der Waals surface area (Å²) < 4.78 is 4.67. The standard InChI is InChI=1S/C8H17NO3/c1-11-7-12-9-6-8(10)4-2-3-5-8/h9-10H,2-7H2,1H3. The van der Waals surface area contributed by atoms with E-state index in [9.17, 15) is 5.11 Å². The highest BCUT2D eigenvalue weighted by atomic mass is 16.7. The summed E-state index contributed by atoms with van der Waals surface area (Å²) in [5.74, 6) is 0. The fourth-order valence-electron chi connectivity index (χ4n) is 1.50. The van der Waals surface area contributed by atoms with Gasteiger partial charge in [0, 0.05) is 13.7 Å². The van der Waals surface area contributed by atoms with Gasteiger partial charge in [-0.15, -0.1) is 0 Å². The van der Waals surface area contributed by atoms with Crippen LogP contribution in [0.2, 0.25) is 0 Å². The van der Waals surface area contributed by atoms with Gasteiger partial charge in [0.1, 0.15) is 0 Å². The molecule has 0 amide bonds. The first-order valence-electron chi connectivity index (χ1n) is 4.33. The molecule has 1 saturated carbocycles. The van der Waals surface area contributed by atoms with E-state index in [1.807, 2.05) is 0 Å². The maximum absolute atomic E-state index is 9.81. The van der Waals surface area contributed by atoms with Gasteiger partial charge < -0.3 is 9.84 Å².